The van der Waals surface area contributed by atoms with E-state index in [4.69, 9.17) is 0 Å². The molecule has 1 saturated carbocycles. The molecule has 2 nitrogen and oxygen atoms in total. The first-order chi connectivity index (χ1) is 8.86. The maximum absolute atomic E-state index is 10.6. The van der Waals surface area contributed by atoms with Crippen LogP contribution in [0.5, 0.6) is 0 Å². The number of hydrogen-bond acceptors (Lipinski definition) is 2. The van der Waals surface area contributed by atoms with Gasteiger partial charge < -0.3 is 5.11 Å². The van der Waals surface area contributed by atoms with Crippen LogP contribution in [0.1, 0.15) is 43.8 Å². The van der Waals surface area contributed by atoms with Gasteiger partial charge in [0.05, 0.1) is 6.10 Å². The van der Waals surface area contributed by atoms with E-state index in [-0.39, 0.29) is 6.10 Å². The van der Waals surface area contributed by atoms with E-state index in [1.807, 2.05) is 18.3 Å². The molecule has 18 heavy (non-hydrogen) atoms. The summed E-state index contributed by atoms with van der Waals surface area (Å²) in [6, 6.07) is 8.14. The van der Waals surface area contributed by atoms with Crippen molar-refractivity contribution in [1.82, 2.24) is 4.98 Å². The van der Waals surface area contributed by atoms with Gasteiger partial charge in [0.25, 0.3) is 0 Å². The highest BCUT2D eigenvalue weighted by atomic mass is 16.3. The van der Waals surface area contributed by atoms with E-state index in [1.165, 1.54) is 19.3 Å². The van der Waals surface area contributed by atoms with E-state index in [0.29, 0.717) is 5.92 Å². The second-order valence-electron chi connectivity index (χ2n) is 5.29. The molecule has 2 heteroatoms. The summed E-state index contributed by atoms with van der Waals surface area (Å²) in [6.07, 6.45) is 9.50. The quantitative estimate of drug-likeness (QED) is 0.866. The average Bonchev–Trinajstić information content (AvgIpc) is 2.47. The Balaban J connectivity index is 1.97. The molecule has 0 radical (unpaired) electrons. The van der Waals surface area contributed by atoms with Crippen molar-refractivity contribution in [2.45, 2.75) is 38.2 Å². The first-order valence-corrected chi connectivity index (χ1v) is 6.87. The third kappa shape index (κ3) is 2.13. The molecule has 1 unspecified atom stereocenters. The van der Waals surface area contributed by atoms with Gasteiger partial charge in [-0.25, -0.2) is 0 Å². The number of pyridine rings is 1. The number of rotatable bonds is 2. The summed E-state index contributed by atoms with van der Waals surface area (Å²) in [5, 5.41) is 12.9. The molecule has 1 fully saturated rings. The zero-order valence-electron chi connectivity index (χ0n) is 10.5. The van der Waals surface area contributed by atoms with Crippen LogP contribution in [-0.4, -0.2) is 10.1 Å². The summed E-state index contributed by atoms with van der Waals surface area (Å²) in [7, 11) is 0. The Morgan fingerprint density at radius 3 is 2.78 bits per heavy atom. The Morgan fingerprint density at radius 2 is 1.94 bits per heavy atom. The summed E-state index contributed by atoms with van der Waals surface area (Å²) >= 11 is 0. The summed E-state index contributed by atoms with van der Waals surface area (Å²) in [6.45, 7) is 0. The first kappa shape index (κ1) is 11.7. The highest BCUT2D eigenvalue weighted by Gasteiger charge is 2.24. The van der Waals surface area contributed by atoms with Crippen molar-refractivity contribution in [3.05, 3.63) is 42.2 Å². The van der Waals surface area contributed by atoms with Gasteiger partial charge in [0.15, 0.2) is 0 Å². The van der Waals surface area contributed by atoms with Crippen LogP contribution in [0.4, 0.5) is 0 Å². The summed E-state index contributed by atoms with van der Waals surface area (Å²) in [5.74, 6) is 0.428. The van der Waals surface area contributed by atoms with E-state index < -0.39 is 0 Å². The van der Waals surface area contributed by atoms with Gasteiger partial charge in [-0.1, -0.05) is 37.5 Å². The highest BCUT2D eigenvalue weighted by Crippen LogP contribution is 2.36. The fourth-order valence-corrected chi connectivity index (χ4v) is 3.11. The van der Waals surface area contributed by atoms with Gasteiger partial charge >= 0.3 is 0 Å². The number of fused-ring (bicyclic) bond motifs is 1. The number of aliphatic hydroxyl groups is 1. The smallest absolute Gasteiger partial charge is 0.0824 e. The molecule has 1 heterocycles. The summed E-state index contributed by atoms with van der Waals surface area (Å²) in [5.41, 5.74) is 1.07. The number of nitrogens with zero attached hydrogens (tertiary/aromatic N) is 1. The molecule has 1 aromatic carbocycles. The maximum atomic E-state index is 10.6. The monoisotopic (exact) mass is 241 g/mol. The van der Waals surface area contributed by atoms with Crippen molar-refractivity contribution in [3.8, 4) is 0 Å². The van der Waals surface area contributed by atoms with E-state index in [0.717, 1.165) is 29.2 Å². The van der Waals surface area contributed by atoms with E-state index in [2.05, 4.69) is 17.1 Å². The third-order valence-corrected chi connectivity index (χ3v) is 4.13. The molecule has 1 aliphatic carbocycles. The molecule has 0 bridgehead atoms. The van der Waals surface area contributed by atoms with Crippen LogP contribution in [0.2, 0.25) is 0 Å². The zero-order valence-corrected chi connectivity index (χ0v) is 10.5. The fourth-order valence-electron chi connectivity index (χ4n) is 3.11. The molecule has 0 aliphatic heterocycles. The molecule has 94 valence electrons. The van der Waals surface area contributed by atoms with Crippen molar-refractivity contribution in [2.24, 2.45) is 5.92 Å². The van der Waals surface area contributed by atoms with Crippen molar-refractivity contribution < 1.29 is 5.11 Å². The number of aliphatic hydroxyl groups excluding tert-OH is 1. The molecule has 0 spiro atoms. The lowest BCUT2D eigenvalue weighted by atomic mass is 9.82. The van der Waals surface area contributed by atoms with Gasteiger partial charge in [0.1, 0.15) is 0 Å². The third-order valence-electron chi connectivity index (χ3n) is 4.13. The molecule has 1 aliphatic rings. The van der Waals surface area contributed by atoms with Gasteiger partial charge in [0.2, 0.25) is 0 Å². The predicted octanol–water partition coefficient (Wildman–Crippen LogP) is 3.85. The molecular formula is C16H19NO. The normalized spacial score (nSPS) is 18.9. The predicted molar refractivity (Wildman–Crippen MR) is 73.3 cm³/mol. The van der Waals surface area contributed by atoms with Crippen LogP contribution < -0.4 is 0 Å². The van der Waals surface area contributed by atoms with Gasteiger partial charge in [0, 0.05) is 17.8 Å². The minimum absolute atomic E-state index is 0.323. The molecule has 3 rings (SSSR count). The molecule has 1 atom stereocenters. The highest BCUT2D eigenvalue weighted by molar-refractivity contribution is 5.85. The van der Waals surface area contributed by atoms with Crippen molar-refractivity contribution in [1.29, 1.82) is 0 Å². The minimum atomic E-state index is -0.323. The van der Waals surface area contributed by atoms with Crippen LogP contribution in [-0.2, 0) is 0 Å². The van der Waals surface area contributed by atoms with Gasteiger partial charge in [-0.15, -0.1) is 0 Å². The van der Waals surface area contributed by atoms with E-state index >= 15 is 0 Å². The molecular weight excluding hydrogens is 222 g/mol. The second-order valence-corrected chi connectivity index (χ2v) is 5.29. The second kappa shape index (κ2) is 5.07. The van der Waals surface area contributed by atoms with E-state index in [9.17, 15) is 5.11 Å². The zero-order chi connectivity index (χ0) is 12.4. The number of hydrogen-bond donors (Lipinski definition) is 1. The summed E-state index contributed by atoms with van der Waals surface area (Å²) in [4.78, 5) is 4.14. The Labute approximate surface area is 108 Å². The Bertz CT molecular complexity index is 526. The standard InChI is InChI=1S/C16H19NO/c18-16(12-5-2-1-3-6-12)15-8-4-7-13-11-17-10-9-14(13)15/h4,7-12,16,18H,1-3,5-6H2. The van der Waals surface area contributed by atoms with Crippen LogP contribution in [0.15, 0.2) is 36.7 Å². The molecule has 0 saturated heterocycles. The van der Waals surface area contributed by atoms with Gasteiger partial charge in [-0.3, -0.25) is 4.98 Å². The molecule has 2 aromatic rings. The van der Waals surface area contributed by atoms with Crippen molar-refractivity contribution in [2.75, 3.05) is 0 Å². The maximum Gasteiger partial charge on any atom is 0.0824 e. The lowest BCUT2D eigenvalue weighted by molar-refractivity contribution is 0.0861. The minimum Gasteiger partial charge on any atom is -0.388 e. The van der Waals surface area contributed by atoms with Crippen LogP contribution in [0.3, 0.4) is 0 Å². The average molecular weight is 241 g/mol. The van der Waals surface area contributed by atoms with Crippen LogP contribution >= 0.6 is 0 Å². The summed E-state index contributed by atoms with van der Waals surface area (Å²) < 4.78 is 0. The topological polar surface area (TPSA) is 33.1 Å². The fraction of sp³-hybridized carbons (Fsp3) is 0.438. The lowest BCUT2D eigenvalue weighted by Crippen LogP contribution is -2.16. The van der Waals surface area contributed by atoms with Crippen molar-refractivity contribution in [3.63, 3.8) is 0 Å². The lowest BCUT2D eigenvalue weighted by Gasteiger charge is -2.27. The Kier molecular flexibility index (Phi) is 3.28. The van der Waals surface area contributed by atoms with Crippen LogP contribution in [0.25, 0.3) is 10.8 Å². The molecule has 1 aromatic heterocycles. The molecule has 1 N–H and O–H groups in total. The van der Waals surface area contributed by atoms with Gasteiger partial charge in [-0.05, 0) is 35.8 Å². The van der Waals surface area contributed by atoms with Crippen LogP contribution in [0, 0.1) is 5.92 Å². The Hall–Kier alpha value is -1.41. The Morgan fingerprint density at radius 1 is 1.11 bits per heavy atom. The number of benzene rings is 1. The van der Waals surface area contributed by atoms with Crippen molar-refractivity contribution >= 4 is 10.8 Å². The SMILES string of the molecule is OC(c1cccc2cnccc12)C1CCCCC1. The largest absolute Gasteiger partial charge is 0.388 e. The molecule has 0 amide bonds. The number of aromatic nitrogens is 1. The first-order valence-electron chi connectivity index (χ1n) is 6.87. The van der Waals surface area contributed by atoms with Gasteiger partial charge in [-0.2, -0.15) is 0 Å². The van der Waals surface area contributed by atoms with E-state index in [1.54, 1.807) is 6.20 Å².